The first-order valence-electron chi connectivity index (χ1n) is 5.60. The highest BCUT2D eigenvalue weighted by Gasteiger charge is 2.06. The molecule has 2 aromatic rings. The molecule has 19 heavy (non-hydrogen) atoms. The molecule has 2 N–H and O–H groups in total. The van der Waals surface area contributed by atoms with Crippen LogP contribution in [0.5, 0.6) is 11.5 Å². The lowest BCUT2D eigenvalue weighted by Crippen LogP contribution is -2.01. The van der Waals surface area contributed by atoms with E-state index in [4.69, 9.17) is 15.2 Å². The van der Waals surface area contributed by atoms with E-state index in [2.05, 4.69) is 15.9 Å². The fourth-order valence-corrected chi connectivity index (χ4v) is 1.91. The van der Waals surface area contributed by atoms with Crippen LogP contribution in [0.1, 0.15) is 5.56 Å². The summed E-state index contributed by atoms with van der Waals surface area (Å²) < 4.78 is 24.9. The number of nitrogen functional groups attached to an aromatic ring is 1. The van der Waals surface area contributed by atoms with Crippen LogP contribution >= 0.6 is 15.9 Å². The number of methoxy groups -OCH3 is 1. The first-order chi connectivity index (χ1) is 9.10. The summed E-state index contributed by atoms with van der Waals surface area (Å²) >= 11 is 3.21. The predicted octanol–water partition coefficient (Wildman–Crippen LogP) is 3.76. The normalized spacial score (nSPS) is 10.3. The number of halogens is 2. The zero-order valence-electron chi connectivity index (χ0n) is 10.3. The number of ether oxygens (including phenoxy) is 2. The molecule has 0 aromatic heterocycles. The van der Waals surface area contributed by atoms with Crippen LogP contribution in [0.3, 0.4) is 0 Å². The van der Waals surface area contributed by atoms with Gasteiger partial charge in [0.15, 0.2) is 0 Å². The van der Waals surface area contributed by atoms with Crippen molar-refractivity contribution < 1.29 is 13.9 Å². The Morgan fingerprint density at radius 1 is 1.21 bits per heavy atom. The van der Waals surface area contributed by atoms with Gasteiger partial charge in [0.05, 0.1) is 12.8 Å². The second-order valence-electron chi connectivity index (χ2n) is 3.93. The summed E-state index contributed by atoms with van der Waals surface area (Å²) in [6.45, 7) is 0.121. The number of hydrogen-bond donors (Lipinski definition) is 1. The van der Waals surface area contributed by atoms with Gasteiger partial charge in [0.1, 0.15) is 23.9 Å². The molecule has 0 radical (unpaired) electrons. The van der Waals surface area contributed by atoms with Crippen molar-refractivity contribution in [2.45, 2.75) is 6.61 Å². The van der Waals surface area contributed by atoms with Gasteiger partial charge < -0.3 is 15.2 Å². The molecule has 0 heterocycles. The smallest absolute Gasteiger partial charge is 0.142 e. The SMILES string of the molecule is COc1ccc(OCc2ccc(Br)cc2F)c(N)c1. The van der Waals surface area contributed by atoms with Crippen molar-refractivity contribution in [3.05, 3.63) is 52.3 Å². The first-order valence-corrected chi connectivity index (χ1v) is 6.39. The van der Waals surface area contributed by atoms with Crippen molar-refractivity contribution in [1.29, 1.82) is 0 Å². The Morgan fingerprint density at radius 2 is 2.00 bits per heavy atom. The van der Waals surface area contributed by atoms with Crippen LogP contribution in [0.15, 0.2) is 40.9 Å². The molecule has 100 valence electrons. The molecule has 0 spiro atoms. The van der Waals surface area contributed by atoms with Gasteiger partial charge in [0.25, 0.3) is 0 Å². The Labute approximate surface area is 119 Å². The predicted molar refractivity (Wildman–Crippen MR) is 75.8 cm³/mol. The zero-order valence-corrected chi connectivity index (χ0v) is 11.9. The van der Waals surface area contributed by atoms with Crippen molar-refractivity contribution in [2.24, 2.45) is 0 Å². The summed E-state index contributed by atoms with van der Waals surface area (Å²) in [5.41, 5.74) is 6.74. The lowest BCUT2D eigenvalue weighted by molar-refractivity contribution is 0.301. The molecule has 0 amide bonds. The van der Waals surface area contributed by atoms with E-state index in [-0.39, 0.29) is 12.4 Å². The Bertz CT molecular complexity index is 590. The van der Waals surface area contributed by atoms with Crippen molar-refractivity contribution in [2.75, 3.05) is 12.8 Å². The van der Waals surface area contributed by atoms with Gasteiger partial charge in [0, 0.05) is 16.1 Å². The summed E-state index contributed by atoms with van der Waals surface area (Å²) in [5, 5.41) is 0. The highest BCUT2D eigenvalue weighted by Crippen LogP contribution is 2.27. The third kappa shape index (κ3) is 3.38. The molecule has 2 aromatic carbocycles. The topological polar surface area (TPSA) is 44.5 Å². The van der Waals surface area contributed by atoms with Crippen LogP contribution in [0, 0.1) is 5.82 Å². The maximum Gasteiger partial charge on any atom is 0.142 e. The van der Waals surface area contributed by atoms with Gasteiger partial charge in [-0.15, -0.1) is 0 Å². The summed E-state index contributed by atoms with van der Waals surface area (Å²) in [6, 6.07) is 9.93. The van der Waals surface area contributed by atoms with Gasteiger partial charge in [-0.25, -0.2) is 4.39 Å². The monoisotopic (exact) mass is 325 g/mol. The summed E-state index contributed by atoms with van der Waals surface area (Å²) in [6.07, 6.45) is 0. The van der Waals surface area contributed by atoms with Gasteiger partial charge in [0.2, 0.25) is 0 Å². The standard InChI is InChI=1S/C14H13BrFNO2/c1-18-11-4-5-14(13(17)7-11)19-8-9-2-3-10(15)6-12(9)16/h2-7H,8,17H2,1H3. The van der Waals surface area contributed by atoms with Crippen LogP contribution < -0.4 is 15.2 Å². The van der Waals surface area contributed by atoms with Crippen molar-refractivity contribution >= 4 is 21.6 Å². The van der Waals surface area contributed by atoms with Crippen molar-refractivity contribution in [3.63, 3.8) is 0 Å². The molecular formula is C14H13BrFNO2. The molecule has 0 aliphatic carbocycles. The Morgan fingerprint density at radius 3 is 2.63 bits per heavy atom. The van der Waals surface area contributed by atoms with E-state index in [1.165, 1.54) is 6.07 Å². The molecule has 0 aliphatic heterocycles. The van der Waals surface area contributed by atoms with E-state index in [1.807, 2.05) is 0 Å². The minimum Gasteiger partial charge on any atom is -0.497 e. The van der Waals surface area contributed by atoms with E-state index in [0.717, 1.165) is 0 Å². The molecule has 0 fully saturated rings. The fourth-order valence-electron chi connectivity index (χ4n) is 1.58. The Hall–Kier alpha value is -1.75. The third-order valence-corrected chi connectivity index (χ3v) is 3.11. The quantitative estimate of drug-likeness (QED) is 0.870. The lowest BCUT2D eigenvalue weighted by Gasteiger charge is -2.10. The van der Waals surface area contributed by atoms with E-state index in [9.17, 15) is 4.39 Å². The number of anilines is 1. The first kappa shape index (κ1) is 13.7. The van der Waals surface area contributed by atoms with E-state index in [1.54, 1.807) is 37.4 Å². The van der Waals surface area contributed by atoms with Crippen LogP contribution in [0.2, 0.25) is 0 Å². The minimum atomic E-state index is -0.318. The molecule has 0 bridgehead atoms. The zero-order chi connectivity index (χ0) is 13.8. The fraction of sp³-hybridized carbons (Fsp3) is 0.143. The molecule has 0 atom stereocenters. The Balaban J connectivity index is 2.10. The van der Waals surface area contributed by atoms with Crippen LogP contribution in [-0.4, -0.2) is 7.11 Å². The largest absolute Gasteiger partial charge is 0.497 e. The highest BCUT2D eigenvalue weighted by molar-refractivity contribution is 9.10. The number of rotatable bonds is 4. The number of benzene rings is 2. The van der Waals surface area contributed by atoms with E-state index in [0.29, 0.717) is 27.2 Å². The average Bonchev–Trinajstić information content (AvgIpc) is 2.39. The molecule has 3 nitrogen and oxygen atoms in total. The van der Waals surface area contributed by atoms with Crippen LogP contribution in [0.25, 0.3) is 0 Å². The van der Waals surface area contributed by atoms with E-state index < -0.39 is 0 Å². The highest BCUT2D eigenvalue weighted by atomic mass is 79.9. The molecule has 0 saturated carbocycles. The molecule has 0 aliphatic rings. The average molecular weight is 326 g/mol. The maximum atomic E-state index is 13.6. The maximum absolute atomic E-state index is 13.6. The van der Waals surface area contributed by atoms with Gasteiger partial charge >= 0.3 is 0 Å². The molecule has 5 heteroatoms. The van der Waals surface area contributed by atoms with Crippen molar-refractivity contribution in [3.8, 4) is 11.5 Å². The summed E-state index contributed by atoms with van der Waals surface area (Å²) in [4.78, 5) is 0. The van der Waals surface area contributed by atoms with Crippen LogP contribution in [0.4, 0.5) is 10.1 Å². The number of nitrogens with two attached hydrogens (primary N) is 1. The molecule has 0 saturated heterocycles. The second kappa shape index (κ2) is 5.93. The van der Waals surface area contributed by atoms with E-state index >= 15 is 0 Å². The lowest BCUT2D eigenvalue weighted by atomic mass is 10.2. The van der Waals surface area contributed by atoms with Gasteiger partial charge in [-0.3, -0.25) is 0 Å². The molecule has 2 rings (SSSR count). The third-order valence-electron chi connectivity index (χ3n) is 2.62. The van der Waals surface area contributed by atoms with Crippen LogP contribution in [-0.2, 0) is 6.61 Å². The molecular weight excluding hydrogens is 313 g/mol. The molecule has 0 unspecified atom stereocenters. The summed E-state index contributed by atoms with van der Waals surface area (Å²) in [5.74, 6) is 0.837. The van der Waals surface area contributed by atoms with Gasteiger partial charge in [-0.2, -0.15) is 0 Å². The van der Waals surface area contributed by atoms with Gasteiger partial charge in [-0.1, -0.05) is 22.0 Å². The van der Waals surface area contributed by atoms with Crippen molar-refractivity contribution in [1.82, 2.24) is 0 Å². The second-order valence-corrected chi connectivity index (χ2v) is 4.84. The number of hydrogen-bond acceptors (Lipinski definition) is 3. The van der Waals surface area contributed by atoms with Gasteiger partial charge in [-0.05, 0) is 24.3 Å². The summed E-state index contributed by atoms with van der Waals surface area (Å²) in [7, 11) is 1.56. The Kier molecular flexibility index (Phi) is 4.27. The minimum absolute atomic E-state index is 0.121.